The van der Waals surface area contributed by atoms with E-state index in [1.807, 2.05) is 0 Å². The standard InChI is InChI=1S/C14H11BrClF4N3O2/c1-7-4-11(22-23(7)13(24)21-3-2-15)25-12-9(16)5-8(6-10(12)17)14(18,19)20/h4-6H,2-3H2,1H3,(H,21,24). The van der Waals surface area contributed by atoms with Gasteiger partial charge in [-0.1, -0.05) is 27.5 Å². The third-order valence-corrected chi connectivity index (χ3v) is 3.64. The number of aryl methyl sites for hydroxylation is 1. The first-order valence-electron chi connectivity index (χ1n) is 6.78. The van der Waals surface area contributed by atoms with Crippen molar-refractivity contribution in [3.8, 4) is 11.6 Å². The minimum absolute atomic E-state index is 0.188. The number of hydrogen-bond acceptors (Lipinski definition) is 3. The number of hydrogen-bond donors (Lipinski definition) is 1. The molecule has 0 aliphatic carbocycles. The van der Waals surface area contributed by atoms with Crippen molar-refractivity contribution in [3.63, 3.8) is 0 Å². The van der Waals surface area contributed by atoms with E-state index in [-0.39, 0.29) is 11.9 Å². The summed E-state index contributed by atoms with van der Waals surface area (Å²) in [5, 5.41) is 6.35. The lowest BCUT2D eigenvalue weighted by Crippen LogP contribution is -2.31. The molecule has 0 fully saturated rings. The van der Waals surface area contributed by atoms with Crippen LogP contribution in [0.4, 0.5) is 22.4 Å². The Hall–Kier alpha value is -1.81. The average Bonchev–Trinajstić information content (AvgIpc) is 2.88. The zero-order valence-electron chi connectivity index (χ0n) is 12.6. The fourth-order valence-corrected chi connectivity index (χ4v) is 2.30. The van der Waals surface area contributed by atoms with E-state index in [2.05, 4.69) is 26.3 Å². The van der Waals surface area contributed by atoms with Crippen molar-refractivity contribution in [3.05, 3.63) is 40.3 Å². The number of alkyl halides is 4. The van der Waals surface area contributed by atoms with Gasteiger partial charge in [0.15, 0.2) is 11.6 Å². The van der Waals surface area contributed by atoms with Crippen LogP contribution in [0.15, 0.2) is 18.2 Å². The third-order valence-electron chi connectivity index (χ3n) is 2.96. The lowest BCUT2D eigenvalue weighted by Gasteiger charge is -2.11. The summed E-state index contributed by atoms with van der Waals surface area (Å²) in [4.78, 5) is 11.9. The van der Waals surface area contributed by atoms with Crippen molar-refractivity contribution in [2.75, 3.05) is 11.9 Å². The van der Waals surface area contributed by atoms with Crippen molar-refractivity contribution in [1.82, 2.24) is 15.1 Å². The van der Waals surface area contributed by atoms with Gasteiger partial charge in [-0.05, 0) is 19.1 Å². The number of nitrogens with one attached hydrogen (secondary N) is 1. The lowest BCUT2D eigenvalue weighted by molar-refractivity contribution is -0.137. The van der Waals surface area contributed by atoms with Gasteiger partial charge in [0.05, 0.1) is 16.3 Å². The topological polar surface area (TPSA) is 56.2 Å². The molecule has 0 radical (unpaired) electrons. The fourth-order valence-electron chi connectivity index (χ4n) is 1.86. The summed E-state index contributed by atoms with van der Waals surface area (Å²) in [5.74, 6) is -2.09. The van der Waals surface area contributed by atoms with Crippen LogP contribution in [0.1, 0.15) is 11.3 Å². The number of halogens is 6. The largest absolute Gasteiger partial charge is 0.433 e. The van der Waals surface area contributed by atoms with E-state index in [1.165, 1.54) is 6.07 Å². The van der Waals surface area contributed by atoms with E-state index in [9.17, 15) is 22.4 Å². The summed E-state index contributed by atoms with van der Waals surface area (Å²) < 4.78 is 57.9. The van der Waals surface area contributed by atoms with Crippen LogP contribution in [0.3, 0.4) is 0 Å². The Bertz CT molecular complexity index is 772. The Balaban J connectivity index is 2.27. The van der Waals surface area contributed by atoms with Gasteiger partial charge in [0.25, 0.3) is 0 Å². The van der Waals surface area contributed by atoms with Crippen molar-refractivity contribution < 1.29 is 27.1 Å². The van der Waals surface area contributed by atoms with E-state index in [0.29, 0.717) is 23.6 Å². The highest BCUT2D eigenvalue weighted by Gasteiger charge is 2.32. The van der Waals surface area contributed by atoms with Crippen LogP contribution < -0.4 is 10.1 Å². The number of amides is 1. The van der Waals surface area contributed by atoms with Crippen LogP contribution in [0, 0.1) is 12.7 Å². The van der Waals surface area contributed by atoms with Gasteiger partial charge in [-0.2, -0.15) is 17.9 Å². The van der Waals surface area contributed by atoms with Crippen LogP contribution in [0.2, 0.25) is 5.02 Å². The van der Waals surface area contributed by atoms with Crippen LogP contribution in [0.5, 0.6) is 11.6 Å². The number of nitrogens with zero attached hydrogens (tertiary/aromatic N) is 2. The molecule has 0 saturated heterocycles. The Morgan fingerprint density at radius 1 is 1.40 bits per heavy atom. The smallest absolute Gasteiger partial charge is 0.416 e. The van der Waals surface area contributed by atoms with Crippen molar-refractivity contribution in [2.45, 2.75) is 13.1 Å². The van der Waals surface area contributed by atoms with E-state index >= 15 is 0 Å². The van der Waals surface area contributed by atoms with Gasteiger partial charge in [0.1, 0.15) is 0 Å². The molecule has 0 aliphatic rings. The Morgan fingerprint density at radius 2 is 2.08 bits per heavy atom. The van der Waals surface area contributed by atoms with Gasteiger partial charge in [-0.25, -0.2) is 9.18 Å². The second-order valence-corrected chi connectivity index (χ2v) is 6.03. The maximum Gasteiger partial charge on any atom is 0.416 e. The molecule has 5 nitrogen and oxygen atoms in total. The highest BCUT2D eigenvalue weighted by atomic mass is 79.9. The molecule has 0 spiro atoms. The summed E-state index contributed by atoms with van der Waals surface area (Å²) >= 11 is 8.83. The fraction of sp³-hybridized carbons (Fsp3) is 0.286. The zero-order chi connectivity index (χ0) is 18.8. The normalized spacial score (nSPS) is 11.5. The van der Waals surface area contributed by atoms with E-state index < -0.39 is 34.4 Å². The summed E-state index contributed by atoms with van der Waals surface area (Å²) in [6, 6.07) is 1.60. The lowest BCUT2D eigenvalue weighted by atomic mass is 10.2. The van der Waals surface area contributed by atoms with Crippen LogP contribution in [-0.2, 0) is 6.18 Å². The number of carbonyl (C=O) groups excluding carboxylic acids is 1. The van der Waals surface area contributed by atoms with Crippen LogP contribution in [-0.4, -0.2) is 27.7 Å². The molecule has 2 rings (SSSR count). The Labute approximate surface area is 153 Å². The van der Waals surface area contributed by atoms with Crippen LogP contribution >= 0.6 is 27.5 Å². The molecule has 1 aromatic carbocycles. The summed E-state index contributed by atoms with van der Waals surface area (Å²) in [5.41, 5.74) is -0.858. The van der Waals surface area contributed by atoms with E-state index in [4.69, 9.17) is 16.3 Å². The van der Waals surface area contributed by atoms with Gasteiger partial charge >= 0.3 is 12.2 Å². The van der Waals surface area contributed by atoms with Gasteiger partial charge in [-0.15, -0.1) is 5.10 Å². The predicted octanol–water partition coefficient (Wildman–Crippen LogP) is 4.75. The molecule has 0 atom stereocenters. The highest BCUT2D eigenvalue weighted by molar-refractivity contribution is 9.09. The van der Waals surface area contributed by atoms with Crippen molar-refractivity contribution in [2.24, 2.45) is 0 Å². The Kier molecular flexibility index (Phi) is 5.94. The molecule has 11 heteroatoms. The van der Waals surface area contributed by atoms with Gasteiger partial charge in [0, 0.05) is 17.9 Å². The second kappa shape index (κ2) is 7.61. The monoisotopic (exact) mass is 443 g/mol. The second-order valence-electron chi connectivity index (χ2n) is 4.83. The first kappa shape index (κ1) is 19.5. The van der Waals surface area contributed by atoms with Crippen molar-refractivity contribution >= 4 is 33.6 Å². The van der Waals surface area contributed by atoms with Gasteiger partial charge < -0.3 is 10.1 Å². The average molecular weight is 445 g/mol. The molecule has 1 N–H and O–H groups in total. The zero-order valence-corrected chi connectivity index (χ0v) is 15.0. The molecule has 25 heavy (non-hydrogen) atoms. The maximum absolute atomic E-state index is 13.9. The molecule has 136 valence electrons. The molecule has 1 heterocycles. The number of carbonyl (C=O) groups is 1. The number of rotatable bonds is 4. The molecule has 0 unspecified atom stereocenters. The molecular formula is C14H11BrClF4N3O2. The molecule has 0 saturated carbocycles. The number of benzene rings is 1. The maximum atomic E-state index is 13.9. The van der Waals surface area contributed by atoms with Gasteiger partial charge in [0.2, 0.25) is 5.88 Å². The molecule has 1 amide bonds. The summed E-state index contributed by atoms with van der Waals surface area (Å²) in [6.45, 7) is 1.91. The number of ether oxygens (including phenoxy) is 1. The third kappa shape index (κ3) is 4.63. The first-order chi connectivity index (χ1) is 11.6. The quantitative estimate of drug-likeness (QED) is 0.547. The first-order valence-corrected chi connectivity index (χ1v) is 8.28. The molecule has 2 aromatic rings. The predicted molar refractivity (Wildman–Crippen MR) is 86.0 cm³/mol. The molecular weight excluding hydrogens is 434 g/mol. The number of aromatic nitrogens is 2. The summed E-state index contributed by atoms with van der Waals surface area (Å²) in [6.07, 6.45) is -4.74. The minimum atomic E-state index is -4.74. The van der Waals surface area contributed by atoms with E-state index in [1.54, 1.807) is 6.92 Å². The molecule has 1 aromatic heterocycles. The van der Waals surface area contributed by atoms with Crippen LogP contribution in [0.25, 0.3) is 0 Å². The highest BCUT2D eigenvalue weighted by Crippen LogP contribution is 2.38. The minimum Gasteiger partial charge on any atom is -0.433 e. The van der Waals surface area contributed by atoms with Gasteiger partial charge in [-0.3, -0.25) is 0 Å². The van der Waals surface area contributed by atoms with E-state index in [0.717, 1.165) is 4.68 Å². The summed E-state index contributed by atoms with van der Waals surface area (Å²) in [7, 11) is 0. The SMILES string of the molecule is Cc1cc(Oc2c(F)cc(C(F)(F)F)cc2Cl)nn1C(=O)NCCBr. The molecule has 0 aliphatic heterocycles. The van der Waals surface area contributed by atoms with Crippen molar-refractivity contribution in [1.29, 1.82) is 0 Å². The Morgan fingerprint density at radius 3 is 2.64 bits per heavy atom. The molecule has 0 bridgehead atoms.